The van der Waals surface area contributed by atoms with Gasteiger partial charge in [0.1, 0.15) is 11.5 Å². The third-order valence-corrected chi connectivity index (χ3v) is 6.67. The minimum absolute atomic E-state index is 0.0975. The Bertz CT molecular complexity index is 1530. The van der Waals surface area contributed by atoms with Crippen molar-refractivity contribution in [3.05, 3.63) is 130 Å². The largest absolute Gasteiger partial charge is 0.508 e. The molecule has 0 fully saturated rings. The first-order valence-corrected chi connectivity index (χ1v) is 11.5. The Kier molecular flexibility index (Phi) is 5.85. The van der Waals surface area contributed by atoms with Crippen molar-refractivity contribution in [2.45, 2.75) is 5.41 Å². The molecule has 0 unspecified atom stereocenters. The lowest BCUT2D eigenvalue weighted by molar-refractivity contribution is -0.132. The first-order chi connectivity index (χ1) is 17.8. The molecular weight excluding hydrogens is 468 g/mol. The summed E-state index contributed by atoms with van der Waals surface area (Å²) < 4.78 is 0. The second-order valence-electron chi connectivity index (χ2n) is 8.72. The van der Waals surface area contributed by atoms with Crippen LogP contribution in [0.5, 0.6) is 11.5 Å². The van der Waals surface area contributed by atoms with Crippen molar-refractivity contribution >= 4 is 24.1 Å². The fourth-order valence-corrected chi connectivity index (χ4v) is 5.27. The van der Waals surface area contributed by atoms with Gasteiger partial charge in [0.2, 0.25) is 0 Å². The lowest BCUT2D eigenvalue weighted by atomic mass is 9.66. The molecule has 0 saturated heterocycles. The fourth-order valence-electron chi connectivity index (χ4n) is 5.27. The van der Waals surface area contributed by atoms with E-state index in [-0.39, 0.29) is 11.5 Å². The molecule has 1 aliphatic carbocycles. The molecule has 0 bridgehead atoms. The first kappa shape index (κ1) is 23.6. The topological polar surface area (TPSA) is 115 Å². The second kappa shape index (κ2) is 9.17. The molecule has 5 rings (SSSR count). The van der Waals surface area contributed by atoms with Crippen molar-refractivity contribution in [3.8, 4) is 22.6 Å². The summed E-state index contributed by atoms with van der Waals surface area (Å²) in [5.41, 5.74) is 5.27. The Morgan fingerprint density at radius 2 is 1.16 bits per heavy atom. The zero-order chi connectivity index (χ0) is 26.2. The van der Waals surface area contributed by atoms with Crippen molar-refractivity contribution < 1.29 is 30.0 Å². The summed E-state index contributed by atoms with van der Waals surface area (Å²) in [7, 11) is 0. The Morgan fingerprint density at radius 3 is 1.73 bits per heavy atom. The minimum Gasteiger partial charge on any atom is -0.508 e. The van der Waals surface area contributed by atoms with Gasteiger partial charge in [-0.25, -0.2) is 9.59 Å². The van der Waals surface area contributed by atoms with Crippen LogP contribution in [0.15, 0.2) is 97.1 Å². The number of carboxylic acid groups (broad SMARTS) is 2. The quantitative estimate of drug-likeness (QED) is 0.229. The molecule has 182 valence electrons. The predicted molar refractivity (Wildman–Crippen MR) is 140 cm³/mol. The summed E-state index contributed by atoms with van der Waals surface area (Å²) in [6.45, 7) is 0. The van der Waals surface area contributed by atoms with Gasteiger partial charge in [-0.2, -0.15) is 0 Å². The molecule has 0 heterocycles. The van der Waals surface area contributed by atoms with E-state index in [4.69, 9.17) is 0 Å². The van der Waals surface area contributed by atoms with Crippen LogP contribution in [0.25, 0.3) is 23.3 Å². The monoisotopic (exact) mass is 490 g/mol. The van der Waals surface area contributed by atoms with Crippen LogP contribution in [0.1, 0.15) is 33.4 Å². The standard InChI is InChI=1S/C31H22O6/c32-22-11-7-20(8-12-22)31(21-9-13-23(33)14-10-21)27-4-2-1-3-25(27)26-15-5-19(6-17-28(34)35)24(30(26)31)16-18-29(36)37/h1-18,32-33H,(H,34,35)(H,36,37). The zero-order valence-electron chi connectivity index (χ0n) is 19.5. The van der Waals surface area contributed by atoms with Crippen molar-refractivity contribution in [2.24, 2.45) is 0 Å². The number of carbonyl (C=O) groups is 2. The van der Waals surface area contributed by atoms with Crippen LogP contribution in [0.4, 0.5) is 0 Å². The number of aromatic hydroxyl groups is 2. The van der Waals surface area contributed by atoms with E-state index >= 15 is 0 Å². The molecule has 0 amide bonds. The smallest absolute Gasteiger partial charge is 0.328 e. The number of phenolic OH excluding ortho intramolecular Hbond substituents is 2. The number of aliphatic carboxylic acids is 2. The Hall–Kier alpha value is -5.10. The highest BCUT2D eigenvalue weighted by atomic mass is 16.4. The first-order valence-electron chi connectivity index (χ1n) is 11.5. The highest BCUT2D eigenvalue weighted by Crippen LogP contribution is 2.58. The molecule has 0 saturated carbocycles. The zero-order valence-corrected chi connectivity index (χ0v) is 19.5. The Balaban J connectivity index is 1.99. The Labute approximate surface area is 212 Å². The van der Waals surface area contributed by atoms with Crippen LogP contribution in [-0.2, 0) is 15.0 Å². The molecule has 0 atom stereocenters. The number of benzene rings is 4. The highest BCUT2D eigenvalue weighted by molar-refractivity contribution is 5.95. The van der Waals surface area contributed by atoms with Crippen molar-refractivity contribution in [3.63, 3.8) is 0 Å². The summed E-state index contributed by atoms with van der Waals surface area (Å²) in [6.07, 6.45) is 5.00. The van der Waals surface area contributed by atoms with Gasteiger partial charge in [-0.3, -0.25) is 0 Å². The van der Waals surface area contributed by atoms with Gasteiger partial charge >= 0.3 is 11.9 Å². The van der Waals surface area contributed by atoms with Crippen LogP contribution < -0.4 is 0 Å². The third-order valence-electron chi connectivity index (χ3n) is 6.67. The summed E-state index contributed by atoms with van der Waals surface area (Å²) in [5.74, 6) is -2.07. The van der Waals surface area contributed by atoms with E-state index < -0.39 is 17.4 Å². The van der Waals surface area contributed by atoms with Gasteiger partial charge < -0.3 is 20.4 Å². The molecule has 4 aromatic carbocycles. The fraction of sp³-hybridized carbons (Fsp3) is 0.0323. The van der Waals surface area contributed by atoms with Crippen LogP contribution in [0.2, 0.25) is 0 Å². The molecule has 0 aromatic heterocycles. The number of phenols is 2. The predicted octanol–water partition coefficient (Wildman–Crippen LogP) is 5.66. The van der Waals surface area contributed by atoms with Gasteiger partial charge in [0, 0.05) is 12.2 Å². The summed E-state index contributed by atoms with van der Waals surface area (Å²) in [4.78, 5) is 22.9. The van der Waals surface area contributed by atoms with Crippen LogP contribution in [0, 0.1) is 0 Å². The van der Waals surface area contributed by atoms with E-state index in [0.29, 0.717) is 11.1 Å². The molecule has 4 N–H and O–H groups in total. The Morgan fingerprint density at radius 1 is 0.622 bits per heavy atom. The maximum Gasteiger partial charge on any atom is 0.328 e. The van der Waals surface area contributed by atoms with Crippen LogP contribution in [0.3, 0.4) is 0 Å². The molecule has 4 aromatic rings. The third kappa shape index (κ3) is 3.94. The van der Waals surface area contributed by atoms with E-state index in [2.05, 4.69) is 0 Å². The number of hydrogen-bond donors (Lipinski definition) is 4. The molecule has 1 aliphatic rings. The van der Waals surface area contributed by atoms with Gasteiger partial charge in [-0.05, 0) is 80.9 Å². The van der Waals surface area contributed by atoms with E-state index in [1.165, 1.54) is 12.2 Å². The van der Waals surface area contributed by atoms with Gasteiger partial charge in [-0.1, -0.05) is 60.7 Å². The molecule has 37 heavy (non-hydrogen) atoms. The lowest BCUT2D eigenvalue weighted by Gasteiger charge is -2.35. The lowest BCUT2D eigenvalue weighted by Crippen LogP contribution is -2.29. The van der Waals surface area contributed by atoms with E-state index in [0.717, 1.165) is 45.5 Å². The van der Waals surface area contributed by atoms with E-state index in [1.807, 2.05) is 54.6 Å². The SMILES string of the molecule is O=C(O)C=Cc1ccc2c(c1C=CC(=O)O)C(c1ccc(O)cc1)(c1ccc(O)cc1)c1ccccc1-2. The van der Waals surface area contributed by atoms with Crippen molar-refractivity contribution in [1.82, 2.24) is 0 Å². The molecule has 0 spiro atoms. The maximum absolute atomic E-state index is 11.6. The van der Waals surface area contributed by atoms with E-state index in [1.54, 1.807) is 30.3 Å². The minimum atomic E-state index is -1.14. The summed E-state index contributed by atoms with van der Waals surface area (Å²) in [5, 5.41) is 38.9. The molecule has 6 nitrogen and oxygen atoms in total. The average molecular weight is 491 g/mol. The van der Waals surface area contributed by atoms with Crippen molar-refractivity contribution in [2.75, 3.05) is 0 Å². The molecule has 6 heteroatoms. The highest BCUT2D eigenvalue weighted by Gasteiger charge is 2.47. The number of hydrogen-bond acceptors (Lipinski definition) is 4. The number of rotatable bonds is 6. The van der Waals surface area contributed by atoms with Gasteiger partial charge in [0.05, 0.1) is 5.41 Å². The molecule has 0 aliphatic heterocycles. The van der Waals surface area contributed by atoms with Crippen LogP contribution in [-0.4, -0.2) is 32.4 Å². The van der Waals surface area contributed by atoms with Gasteiger partial charge in [0.15, 0.2) is 0 Å². The summed E-state index contributed by atoms with van der Waals surface area (Å²) in [6, 6.07) is 25.2. The summed E-state index contributed by atoms with van der Waals surface area (Å²) >= 11 is 0. The van der Waals surface area contributed by atoms with Gasteiger partial charge in [0.25, 0.3) is 0 Å². The van der Waals surface area contributed by atoms with Gasteiger partial charge in [-0.15, -0.1) is 0 Å². The number of carboxylic acids is 2. The molecular formula is C31H22O6. The average Bonchev–Trinajstić information content (AvgIpc) is 3.18. The van der Waals surface area contributed by atoms with Crippen molar-refractivity contribution in [1.29, 1.82) is 0 Å². The second-order valence-corrected chi connectivity index (χ2v) is 8.72. The molecule has 0 radical (unpaired) electrons. The van der Waals surface area contributed by atoms with Crippen LogP contribution >= 0.6 is 0 Å². The van der Waals surface area contributed by atoms with E-state index in [9.17, 15) is 30.0 Å². The normalized spacial score (nSPS) is 13.5. The maximum atomic E-state index is 11.6. The number of fused-ring (bicyclic) bond motifs is 3.